The molecule has 0 saturated carbocycles. The van der Waals surface area contributed by atoms with Crippen LogP contribution < -0.4 is 15.0 Å². The first-order valence-corrected chi connectivity index (χ1v) is 11.6. The first-order valence-electron chi connectivity index (χ1n) is 10.8. The number of piperazine rings is 1. The summed E-state index contributed by atoms with van der Waals surface area (Å²) in [6, 6.07) is 15.5. The molecule has 0 radical (unpaired) electrons. The number of anilines is 1. The van der Waals surface area contributed by atoms with Gasteiger partial charge in [-0.1, -0.05) is 12.1 Å². The van der Waals surface area contributed by atoms with Gasteiger partial charge in [0.05, 0.1) is 6.61 Å². The summed E-state index contributed by atoms with van der Waals surface area (Å²) in [6.07, 6.45) is 2.21. The maximum Gasteiger partial charge on any atom is 0.119 e. The van der Waals surface area contributed by atoms with Crippen LogP contribution in [0, 0.1) is 0 Å². The first kappa shape index (κ1) is 18.9. The molecule has 29 heavy (non-hydrogen) atoms. The largest absolute Gasteiger partial charge is 0.494 e. The van der Waals surface area contributed by atoms with Gasteiger partial charge in [0.2, 0.25) is 0 Å². The number of ether oxygens (including phenoxy) is 1. The summed E-state index contributed by atoms with van der Waals surface area (Å²) in [6.45, 7) is 8.43. The van der Waals surface area contributed by atoms with E-state index in [1.165, 1.54) is 26.9 Å². The van der Waals surface area contributed by atoms with E-state index in [1.807, 2.05) is 11.3 Å². The van der Waals surface area contributed by atoms with Crippen molar-refractivity contribution in [1.29, 1.82) is 0 Å². The monoisotopic (exact) mass is 407 g/mol. The third-order valence-corrected chi connectivity index (χ3v) is 7.02. The lowest BCUT2D eigenvalue weighted by Crippen LogP contribution is -2.46. The summed E-state index contributed by atoms with van der Waals surface area (Å²) < 4.78 is 7.42. The topological polar surface area (TPSA) is 27.7 Å². The molecule has 5 heteroatoms. The molecule has 5 rings (SSSR count). The van der Waals surface area contributed by atoms with Crippen molar-refractivity contribution in [3.05, 3.63) is 59.0 Å². The maximum absolute atomic E-state index is 6.03. The van der Waals surface area contributed by atoms with Gasteiger partial charge in [-0.15, -0.1) is 11.3 Å². The SMILES string of the molecule is c1cc(N2CCN(CCCOc3ccc4c(c3)CNCC4)CC2)c2ccsc2c1. The Morgan fingerprint density at radius 2 is 1.93 bits per heavy atom. The Hall–Kier alpha value is -2.08. The van der Waals surface area contributed by atoms with Crippen LogP contribution in [0.4, 0.5) is 5.69 Å². The zero-order valence-electron chi connectivity index (χ0n) is 16.9. The minimum atomic E-state index is 0.792. The number of thiophene rings is 1. The summed E-state index contributed by atoms with van der Waals surface area (Å²) in [5.41, 5.74) is 4.26. The van der Waals surface area contributed by atoms with E-state index in [0.29, 0.717) is 0 Å². The van der Waals surface area contributed by atoms with Crippen LogP contribution in [0.25, 0.3) is 10.1 Å². The molecular weight excluding hydrogens is 378 g/mol. The van der Waals surface area contributed by atoms with E-state index in [4.69, 9.17) is 4.74 Å². The Morgan fingerprint density at radius 3 is 2.86 bits per heavy atom. The molecule has 3 heterocycles. The predicted molar refractivity (Wildman–Crippen MR) is 122 cm³/mol. The lowest BCUT2D eigenvalue weighted by molar-refractivity contribution is 0.224. The highest BCUT2D eigenvalue weighted by atomic mass is 32.1. The third kappa shape index (κ3) is 4.27. The van der Waals surface area contributed by atoms with Crippen molar-refractivity contribution >= 4 is 27.1 Å². The fourth-order valence-electron chi connectivity index (χ4n) is 4.49. The molecule has 4 nitrogen and oxygen atoms in total. The van der Waals surface area contributed by atoms with E-state index in [-0.39, 0.29) is 0 Å². The number of rotatable bonds is 6. The molecule has 0 bridgehead atoms. The van der Waals surface area contributed by atoms with Gasteiger partial charge in [0, 0.05) is 55.0 Å². The van der Waals surface area contributed by atoms with Crippen molar-refractivity contribution in [1.82, 2.24) is 10.2 Å². The zero-order chi connectivity index (χ0) is 19.5. The van der Waals surface area contributed by atoms with Crippen LogP contribution in [-0.2, 0) is 13.0 Å². The van der Waals surface area contributed by atoms with Gasteiger partial charge in [-0.05, 0) is 66.2 Å². The number of nitrogens with one attached hydrogen (secondary N) is 1. The van der Waals surface area contributed by atoms with Gasteiger partial charge in [-0.3, -0.25) is 4.90 Å². The highest BCUT2D eigenvalue weighted by Gasteiger charge is 2.18. The van der Waals surface area contributed by atoms with Crippen LogP contribution in [-0.4, -0.2) is 50.8 Å². The molecule has 0 spiro atoms. The fraction of sp³-hybridized carbons (Fsp3) is 0.417. The van der Waals surface area contributed by atoms with Gasteiger partial charge >= 0.3 is 0 Å². The average molecular weight is 408 g/mol. The van der Waals surface area contributed by atoms with Crippen molar-refractivity contribution < 1.29 is 4.74 Å². The Kier molecular flexibility index (Phi) is 5.70. The molecule has 0 aliphatic carbocycles. The smallest absolute Gasteiger partial charge is 0.119 e. The Balaban J connectivity index is 1.07. The molecule has 0 amide bonds. The number of fused-ring (bicyclic) bond motifs is 2. The summed E-state index contributed by atoms with van der Waals surface area (Å²) in [7, 11) is 0. The van der Waals surface area contributed by atoms with Crippen molar-refractivity contribution in [2.45, 2.75) is 19.4 Å². The second kappa shape index (κ2) is 8.74. The number of hydrogen-bond acceptors (Lipinski definition) is 5. The Bertz CT molecular complexity index is 962. The zero-order valence-corrected chi connectivity index (χ0v) is 17.7. The van der Waals surface area contributed by atoms with Crippen LogP contribution in [0.1, 0.15) is 17.5 Å². The number of nitrogens with zero attached hydrogens (tertiary/aromatic N) is 2. The minimum absolute atomic E-state index is 0.792. The highest BCUT2D eigenvalue weighted by molar-refractivity contribution is 7.17. The van der Waals surface area contributed by atoms with Gasteiger partial charge in [0.25, 0.3) is 0 Å². The summed E-state index contributed by atoms with van der Waals surface area (Å²) in [5, 5.41) is 7.04. The molecule has 0 atom stereocenters. The van der Waals surface area contributed by atoms with Crippen LogP contribution >= 0.6 is 11.3 Å². The Labute approximate surface area is 177 Å². The number of benzene rings is 2. The van der Waals surface area contributed by atoms with Gasteiger partial charge < -0.3 is 15.0 Å². The van der Waals surface area contributed by atoms with Crippen molar-refractivity contribution in [3.63, 3.8) is 0 Å². The molecular formula is C24H29N3OS. The van der Waals surface area contributed by atoms with E-state index in [9.17, 15) is 0 Å². The summed E-state index contributed by atoms with van der Waals surface area (Å²) >= 11 is 1.83. The Morgan fingerprint density at radius 1 is 1.00 bits per heavy atom. The molecule has 1 aromatic heterocycles. The molecule has 2 aliphatic rings. The fourth-order valence-corrected chi connectivity index (χ4v) is 5.30. The molecule has 2 aromatic carbocycles. The van der Waals surface area contributed by atoms with Crippen molar-refractivity contribution in [3.8, 4) is 5.75 Å². The molecule has 1 saturated heterocycles. The van der Waals surface area contributed by atoms with E-state index >= 15 is 0 Å². The van der Waals surface area contributed by atoms with Crippen LogP contribution in [0.5, 0.6) is 5.75 Å². The molecule has 152 valence electrons. The van der Waals surface area contributed by atoms with Gasteiger partial charge in [0.1, 0.15) is 5.75 Å². The van der Waals surface area contributed by atoms with Crippen molar-refractivity contribution in [2.24, 2.45) is 0 Å². The van der Waals surface area contributed by atoms with E-state index < -0.39 is 0 Å². The van der Waals surface area contributed by atoms with E-state index in [1.54, 1.807) is 0 Å². The minimum Gasteiger partial charge on any atom is -0.494 e. The highest BCUT2D eigenvalue weighted by Crippen LogP contribution is 2.31. The molecule has 3 aromatic rings. The van der Waals surface area contributed by atoms with Crippen LogP contribution in [0.2, 0.25) is 0 Å². The molecule has 1 fully saturated rings. The lowest BCUT2D eigenvalue weighted by Gasteiger charge is -2.36. The first-order chi connectivity index (χ1) is 14.4. The lowest BCUT2D eigenvalue weighted by atomic mass is 10.0. The number of hydrogen-bond donors (Lipinski definition) is 1. The quantitative estimate of drug-likeness (QED) is 0.622. The molecule has 0 unspecified atom stereocenters. The van der Waals surface area contributed by atoms with E-state index in [2.05, 4.69) is 63.0 Å². The maximum atomic E-state index is 6.03. The third-order valence-electron chi connectivity index (χ3n) is 6.14. The van der Waals surface area contributed by atoms with Crippen LogP contribution in [0.3, 0.4) is 0 Å². The van der Waals surface area contributed by atoms with E-state index in [0.717, 1.165) is 71.0 Å². The summed E-state index contributed by atoms with van der Waals surface area (Å²) in [5.74, 6) is 1.01. The summed E-state index contributed by atoms with van der Waals surface area (Å²) in [4.78, 5) is 5.12. The van der Waals surface area contributed by atoms with Gasteiger partial charge in [-0.2, -0.15) is 0 Å². The van der Waals surface area contributed by atoms with Gasteiger partial charge in [-0.25, -0.2) is 0 Å². The van der Waals surface area contributed by atoms with Crippen LogP contribution in [0.15, 0.2) is 47.8 Å². The standard InChI is InChI=1S/C24H29N3OS/c1-3-23(22-8-16-29-24(22)4-1)27-13-11-26(12-14-27)10-2-15-28-21-6-5-19-7-9-25-18-20(19)17-21/h1,3-6,8,16-17,25H,2,7,9-15,18H2. The predicted octanol–water partition coefficient (Wildman–Crippen LogP) is 4.14. The normalized spacial score (nSPS) is 17.4. The second-order valence-corrected chi connectivity index (χ2v) is 8.95. The average Bonchev–Trinajstić information content (AvgIpc) is 3.26. The van der Waals surface area contributed by atoms with Gasteiger partial charge in [0.15, 0.2) is 0 Å². The molecule has 1 N–H and O–H groups in total. The molecule has 2 aliphatic heterocycles. The second-order valence-electron chi connectivity index (χ2n) is 8.00. The van der Waals surface area contributed by atoms with Crippen molar-refractivity contribution in [2.75, 3.05) is 50.8 Å².